The van der Waals surface area contributed by atoms with Crippen LogP contribution in [-0.4, -0.2) is 25.0 Å². The second-order valence-corrected chi connectivity index (χ2v) is 5.63. The predicted octanol–water partition coefficient (Wildman–Crippen LogP) is 2.65. The topological polar surface area (TPSA) is 29.3 Å². The van der Waals surface area contributed by atoms with Gasteiger partial charge in [-0.15, -0.1) is 0 Å². The molecule has 1 unspecified atom stereocenters. The van der Waals surface area contributed by atoms with Crippen LogP contribution in [0.5, 0.6) is 0 Å². The molecular formula is C15H24N2. The summed E-state index contributed by atoms with van der Waals surface area (Å²) in [6.07, 6.45) is 2.81. The first-order valence-corrected chi connectivity index (χ1v) is 6.57. The van der Waals surface area contributed by atoms with Gasteiger partial charge in [0.05, 0.1) is 0 Å². The van der Waals surface area contributed by atoms with Gasteiger partial charge in [-0.2, -0.15) is 0 Å². The molecule has 1 atom stereocenters. The third kappa shape index (κ3) is 3.55. The molecule has 1 fully saturated rings. The van der Waals surface area contributed by atoms with Gasteiger partial charge >= 0.3 is 0 Å². The molecule has 0 amide bonds. The minimum absolute atomic E-state index is 0.138. The first kappa shape index (κ1) is 12.6. The molecule has 1 aromatic carbocycles. The normalized spacial score (nSPS) is 17.5. The number of aryl methyl sites for hydroxylation is 2. The number of hydrogen-bond donors (Lipinski definition) is 1. The molecule has 0 heterocycles. The number of nitrogens with zero attached hydrogens (tertiary/aromatic N) is 1. The lowest BCUT2D eigenvalue weighted by Gasteiger charge is -2.22. The van der Waals surface area contributed by atoms with Crippen molar-refractivity contribution < 1.29 is 0 Å². The summed E-state index contributed by atoms with van der Waals surface area (Å²) in [6, 6.07) is 6.69. The monoisotopic (exact) mass is 232 g/mol. The van der Waals surface area contributed by atoms with E-state index >= 15 is 0 Å². The zero-order valence-corrected chi connectivity index (χ0v) is 11.2. The molecule has 2 heteroatoms. The average molecular weight is 232 g/mol. The Bertz CT molecular complexity index is 383. The summed E-state index contributed by atoms with van der Waals surface area (Å²) in [5, 5.41) is 0. The summed E-state index contributed by atoms with van der Waals surface area (Å²) in [5.74, 6) is 0.936. The molecular weight excluding hydrogens is 208 g/mol. The molecule has 0 aromatic heterocycles. The van der Waals surface area contributed by atoms with E-state index in [1.165, 1.54) is 36.1 Å². The lowest BCUT2D eigenvalue weighted by atomic mass is 9.99. The van der Waals surface area contributed by atoms with Crippen molar-refractivity contribution in [3.8, 4) is 0 Å². The standard InChI is InChI=1S/C15H24N2/c1-11-4-7-14(12(2)8-11)15(16)10-17(3)9-13-5-6-13/h4,7-8,13,15H,5-6,9-10,16H2,1-3H3. The molecule has 0 saturated heterocycles. The molecule has 0 aliphatic heterocycles. The number of benzene rings is 1. The Labute approximate surface area is 105 Å². The molecule has 0 radical (unpaired) electrons. The first-order valence-electron chi connectivity index (χ1n) is 6.57. The second kappa shape index (κ2) is 5.19. The van der Waals surface area contributed by atoms with Crippen LogP contribution in [0.3, 0.4) is 0 Å². The van der Waals surface area contributed by atoms with Crippen LogP contribution in [0.15, 0.2) is 18.2 Å². The minimum Gasteiger partial charge on any atom is -0.323 e. The van der Waals surface area contributed by atoms with Gasteiger partial charge in [-0.05, 0) is 50.8 Å². The summed E-state index contributed by atoms with van der Waals surface area (Å²) in [5.41, 5.74) is 10.2. The summed E-state index contributed by atoms with van der Waals surface area (Å²) >= 11 is 0. The van der Waals surface area contributed by atoms with E-state index in [0.717, 1.165) is 12.5 Å². The Balaban J connectivity index is 1.95. The second-order valence-electron chi connectivity index (χ2n) is 5.63. The molecule has 1 aliphatic carbocycles. The molecule has 2 N–H and O–H groups in total. The zero-order valence-electron chi connectivity index (χ0n) is 11.2. The van der Waals surface area contributed by atoms with Crippen LogP contribution in [-0.2, 0) is 0 Å². The van der Waals surface area contributed by atoms with Crippen molar-refractivity contribution in [2.75, 3.05) is 20.1 Å². The minimum atomic E-state index is 0.138. The van der Waals surface area contributed by atoms with E-state index in [2.05, 4.69) is 44.0 Å². The maximum absolute atomic E-state index is 6.30. The third-order valence-electron chi connectivity index (χ3n) is 3.60. The van der Waals surface area contributed by atoms with E-state index in [1.54, 1.807) is 0 Å². The van der Waals surface area contributed by atoms with Gasteiger partial charge in [-0.1, -0.05) is 23.8 Å². The van der Waals surface area contributed by atoms with Gasteiger partial charge in [-0.3, -0.25) is 0 Å². The molecule has 1 aromatic rings. The van der Waals surface area contributed by atoms with Crippen molar-refractivity contribution in [1.29, 1.82) is 0 Å². The highest BCUT2D eigenvalue weighted by molar-refractivity contribution is 5.32. The van der Waals surface area contributed by atoms with Crippen LogP contribution in [0.4, 0.5) is 0 Å². The SMILES string of the molecule is Cc1ccc(C(N)CN(C)CC2CC2)c(C)c1. The van der Waals surface area contributed by atoms with Crippen molar-refractivity contribution in [2.24, 2.45) is 11.7 Å². The van der Waals surface area contributed by atoms with Crippen molar-refractivity contribution in [1.82, 2.24) is 4.90 Å². The molecule has 17 heavy (non-hydrogen) atoms. The van der Waals surface area contributed by atoms with E-state index in [9.17, 15) is 0 Å². The Morgan fingerprint density at radius 1 is 1.35 bits per heavy atom. The number of hydrogen-bond acceptors (Lipinski definition) is 2. The van der Waals surface area contributed by atoms with E-state index < -0.39 is 0 Å². The Kier molecular flexibility index (Phi) is 3.85. The van der Waals surface area contributed by atoms with Gasteiger partial charge in [0.1, 0.15) is 0 Å². The van der Waals surface area contributed by atoms with Gasteiger partial charge in [0, 0.05) is 19.1 Å². The van der Waals surface area contributed by atoms with Gasteiger partial charge in [0.25, 0.3) is 0 Å². The fourth-order valence-electron chi connectivity index (χ4n) is 2.49. The van der Waals surface area contributed by atoms with Crippen LogP contribution in [0.2, 0.25) is 0 Å². The number of likely N-dealkylation sites (N-methyl/N-ethyl adjacent to an activating group) is 1. The molecule has 1 aliphatic rings. The van der Waals surface area contributed by atoms with E-state index in [-0.39, 0.29) is 6.04 Å². The van der Waals surface area contributed by atoms with E-state index in [4.69, 9.17) is 5.73 Å². The molecule has 0 spiro atoms. The molecule has 0 bridgehead atoms. The number of nitrogens with two attached hydrogens (primary N) is 1. The fourth-order valence-corrected chi connectivity index (χ4v) is 2.49. The summed E-state index contributed by atoms with van der Waals surface area (Å²) < 4.78 is 0. The van der Waals surface area contributed by atoms with Crippen molar-refractivity contribution in [3.05, 3.63) is 34.9 Å². The highest BCUT2D eigenvalue weighted by atomic mass is 15.1. The van der Waals surface area contributed by atoms with E-state index in [0.29, 0.717) is 0 Å². The van der Waals surface area contributed by atoms with Gasteiger partial charge in [0.2, 0.25) is 0 Å². The quantitative estimate of drug-likeness (QED) is 0.845. The van der Waals surface area contributed by atoms with Crippen molar-refractivity contribution in [3.63, 3.8) is 0 Å². The smallest absolute Gasteiger partial charge is 0.0426 e. The van der Waals surface area contributed by atoms with Crippen LogP contribution in [0.1, 0.15) is 35.6 Å². The lowest BCUT2D eigenvalue weighted by molar-refractivity contribution is 0.300. The van der Waals surface area contributed by atoms with Crippen LogP contribution >= 0.6 is 0 Å². The largest absolute Gasteiger partial charge is 0.323 e. The lowest BCUT2D eigenvalue weighted by Crippen LogP contribution is -2.31. The van der Waals surface area contributed by atoms with Gasteiger partial charge in [0.15, 0.2) is 0 Å². The molecule has 2 nitrogen and oxygen atoms in total. The van der Waals surface area contributed by atoms with E-state index in [1.807, 2.05) is 0 Å². The van der Waals surface area contributed by atoms with Crippen LogP contribution in [0.25, 0.3) is 0 Å². The fraction of sp³-hybridized carbons (Fsp3) is 0.600. The van der Waals surface area contributed by atoms with Crippen LogP contribution in [0, 0.1) is 19.8 Å². The van der Waals surface area contributed by atoms with Crippen molar-refractivity contribution in [2.45, 2.75) is 32.7 Å². The predicted molar refractivity (Wildman–Crippen MR) is 73.1 cm³/mol. The maximum Gasteiger partial charge on any atom is 0.0426 e. The van der Waals surface area contributed by atoms with Gasteiger partial charge in [-0.25, -0.2) is 0 Å². The molecule has 1 saturated carbocycles. The third-order valence-corrected chi connectivity index (χ3v) is 3.60. The Morgan fingerprint density at radius 3 is 2.65 bits per heavy atom. The van der Waals surface area contributed by atoms with Crippen molar-refractivity contribution >= 4 is 0 Å². The zero-order chi connectivity index (χ0) is 12.4. The number of rotatable bonds is 5. The summed E-state index contributed by atoms with van der Waals surface area (Å²) in [6.45, 7) is 6.45. The highest BCUT2D eigenvalue weighted by Gasteiger charge is 2.23. The highest BCUT2D eigenvalue weighted by Crippen LogP contribution is 2.29. The van der Waals surface area contributed by atoms with Crippen LogP contribution < -0.4 is 5.73 Å². The average Bonchev–Trinajstić information content (AvgIpc) is 3.00. The molecule has 94 valence electrons. The summed E-state index contributed by atoms with van der Waals surface area (Å²) in [4.78, 5) is 2.38. The molecule has 2 rings (SSSR count). The summed E-state index contributed by atoms with van der Waals surface area (Å²) in [7, 11) is 2.18. The Hall–Kier alpha value is -0.860. The van der Waals surface area contributed by atoms with Gasteiger partial charge < -0.3 is 10.6 Å². The maximum atomic E-state index is 6.30. The first-order chi connectivity index (χ1) is 8.06. The Morgan fingerprint density at radius 2 is 2.06 bits per heavy atom.